The molecule has 1 aliphatic rings. The van der Waals surface area contributed by atoms with Gasteiger partial charge in [0.2, 0.25) is 17.7 Å². The van der Waals surface area contributed by atoms with Gasteiger partial charge in [0.25, 0.3) is 0 Å². The van der Waals surface area contributed by atoms with Gasteiger partial charge in [-0.25, -0.2) is 9.59 Å². The zero-order valence-corrected chi connectivity index (χ0v) is 18.3. The molecule has 3 amide bonds. The number of hydrogen-bond donors (Lipinski definition) is 2. The van der Waals surface area contributed by atoms with Crippen molar-refractivity contribution in [2.45, 2.75) is 13.3 Å². The summed E-state index contributed by atoms with van der Waals surface area (Å²) in [7, 11) is 2.40. The first-order chi connectivity index (χ1) is 15.7. The van der Waals surface area contributed by atoms with E-state index < -0.39 is 23.8 Å². The highest BCUT2D eigenvalue weighted by molar-refractivity contribution is 6.05. The van der Waals surface area contributed by atoms with E-state index in [-0.39, 0.29) is 41.6 Å². The van der Waals surface area contributed by atoms with Crippen LogP contribution in [0.2, 0.25) is 0 Å². The van der Waals surface area contributed by atoms with Gasteiger partial charge in [-0.05, 0) is 42.5 Å². The molecule has 0 aromatic heterocycles. The van der Waals surface area contributed by atoms with E-state index in [0.717, 1.165) is 0 Å². The van der Waals surface area contributed by atoms with Crippen molar-refractivity contribution in [3.8, 4) is 0 Å². The number of carbonyl (C=O) groups excluding carboxylic acids is 5. The molecule has 1 aliphatic heterocycles. The molecule has 10 heteroatoms. The number of nitrogens with zero attached hydrogens (tertiary/aromatic N) is 1. The quantitative estimate of drug-likeness (QED) is 0.641. The topological polar surface area (TPSA) is 131 Å². The largest absolute Gasteiger partial charge is 0.465 e. The number of benzene rings is 2. The number of amides is 3. The van der Waals surface area contributed by atoms with E-state index in [1.54, 1.807) is 24.3 Å². The molecule has 0 radical (unpaired) electrons. The number of esters is 2. The molecular formula is C23H23N3O7. The Morgan fingerprint density at radius 3 is 1.97 bits per heavy atom. The summed E-state index contributed by atoms with van der Waals surface area (Å²) in [5.41, 5.74) is 1.54. The van der Waals surface area contributed by atoms with Gasteiger partial charge >= 0.3 is 11.9 Å². The molecule has 1 saturated heterocycles. The van der Waals surface area contributed by atoms with Crippen molar-refractivity contribution < 1.29 is 33.4 Å². The van der Waals surface area contributed by atoms with Crippen LogP contribution < -0.4 is 15.5 Å². The predicted octanol–water partition coefficient (Wildman–Crippen LogP) is 2.21. The van der Waals surface area contributed by atoms with Crippen molar-refractivity contribution in [2.75, 3.05) is 36.3 Å². The minimum absolute atomic E-state index is 0.000167. The van der Waals surface area contributed by atoms with E-state index in [4.69, 9.17) is 9.47 Å². The van der Waals surface area contributed by atoms with Gasteiger partial charge in [0.15, 0.2) is 0 Å². The molecule has 172 valence electrons. The third-order valence-electron chi connectivity index (χ3n) is 5.04. The number of rotatable bonds is 6. The lowest BCUT2D eigenvalue weighted by Gasteiger charge is -2.17. The van der Waals surface area contributed by atoms with Crippen molar-refractivity contribution >= 4 is 46.7 Å². The van der Waals surface area contributed by atoms with E-state index in [1.165, 1.54) is 44.2 Å². The van der Waals surface area contributed by atoms with Gasteiger partial charge in [-0.15, -0.1) is 0 Å². The molecule has 1 unspecified atom stereocenters. The van der Waals surface area contributed by atoms with Crippen LogP contribution in [0.25, 0.3) is 0 Å². The first kappa shape index (κ1) is 23.5. The van der Waals surface area contributed by atoms with Crippen LogP contribution in [-0.4, -0.2) is 50.4 Å². The Balaban J connectivity index is 1.74. The second-order valence-electron chi connectivity index (χ2n) is 7.40. The third kappa shape index (κ3) is 5.53. The van der Waals surface area contributed by atoms with E-state index in [2.05, 4.69) is 10.6 Å². The molecule has 0 bridgehead atoms. The number of carbonyl (C=O) groups is 5. The monoisotopic (exact) mass is 453 g/mol. The number of nitrogens with one attached hydrogen (secondary N) is 2. The minimum atomic E-state index is -0.679. The van der Waals surface area contributed by atoms with E-state index >= 15 is 0 Å². The normalized spacial score (nSPS) is 15.1. The van der Waals surface area contributed by atoms with Crippen LogP contribution in [-0.2, 0) is 23.9 Å². The van der Waals surface area contributed by atoms with Crippen molar-refractivity contribution in [3.63, 3.8) is 0 Å². The fourth-order valence-electron chi connectivity index (χ4n) is 3.48. The van der Waals surface area contributed by atoms with Gasteiger partial charge < -0.3 is 25.0 Å². The Kier molecular flexibility index (Phi) is 7.07. The maximum Gasteiger partial charge on any atom is 0.337 e. The van der Waals surface area contributed by atoms with E-state index in [1.807, 2.05) is 0 Å². The van der Waals surface area contributed by atoms with Gasteiger partial charge in [0, 0.05) is 37.0 Å². The molecule has 2 aromatic carbocycles. The molecule has 2 N–H and O–H groups in total. The van der Waals surface area contributed by atoms with Crippen LogP contribution in [0.3, 0.4) is 0 Å². The highest BCUT2D eigenvalue weighted by Gasteiger charge is 2.35. The number of methoxy groups -OCH3 is 2. The molecule has 33 heavy (non-hydrogen) atoms. The van der Waals surface area contributed by atoms with Gasteiger partial charge in [-0.1, -0.05) is 0 Å². The minimum Gasteiger partial charge on any atom is -0.465 e. The molecule has 1 heterocycles. The second-order valence-corrected chi connectivity index (χ2v) is 7.40. The number of ether oxygens (including phenoxy) is 2. The molecule has 1 fully saturated rings. The van der Waals surface area contributed by atoms with Crippen LogP contribution in [0.4, 0.5) is 17.1 Å². The molecule has 10 nitrogen and oxygen atoms in total. The average molecular weight is 453 g/mol. The lowest BCUT2D eigenvalue weighted by atomic mass is 10.1. The summed E-state index contributed by atoms with van der Waals surface area (Å²) < 4.78 is 9.39. The highest BCUT2D eigenvalue weighted by atomic mass is 16.5. The SMILES string of the molecule is COC(=O)c1cc(NC(=O)C2CC(=O)N(c3ccc(NC(C)=O)cc3)C2)cc(C(=O)OC)c1. The van der Waals surface area contributed by atoms with Gasteiger partial charge in [-0.2, -0.15) is 0 Å². The Morgan fingerprint density at radius 1 is 0.879 bits per heavy atom. The number of hydrogen-bond acceptors (Lipinski definition) is 7. The lowest BCUT2D eigenvalue weighted by molar-refractivity contribution is -0.122. The van der Waals surface area contributed by atoms with Gasteiger partial charge in [-0.3, -0.25) is 14.4 Å². The van der Waals surface area contributed by atoms with E-state index in [0.29, 0.717) is 11.4 Å². The fraction of sp³-hybridized carbons (Fsp3) is 0.261. The summed E-state index contributed by atoms with van der Waals surface area (Å²) in [6, 6.07) is 10.8. The smallest absolute Gasteiger partial charge is 0.337 e. The first-order valence-electron chi connectivity index (χ1n) is 10.0. The Bertz CT molecular complexity index is 1080. The lowest BCUT2D eigenvalue weighted by Crippen LogP contribution is -2.28. The van der Waals surface area contributed by atoms with Crippen LogP contribution >= 0.6 is 0 Å². The summed E-state index contributed by atoms with van der Waals surface area (Å²) >= 11 is 0. The van der Waals surface area contributed by atoms with Crippen molar-refractivity contribution in [1.82, 2.24) is 0 Å². The molecule has 0 spiro atoms. The highest BCUT2D eigenvalue weighted by Crippen LogP contribution is 2.27. The van der Waals surface area contributed by atoms with E-state index in [9.17, 15) is 24.0 Å². The molecule has 0 saturated carbocycles. The summed E-state index contributed by atoms with van der Waals surface area (Å²) in [6.45, 7) is 1.56. The Labute approximate surface area is 189 Å². The van der Waals surface area contributed by atoms with Crippen LogP contribution in [0, 0.1) is 5.92 Å². The summed E-state index contributed by atoms with van der Waals surface area (Å²) in [4.78, 5) is 61.9. The summed E-state index contributed by atoms with van der Waals surface area (Å²) in [5, 5.41) is 5.31. The van der Waals surface area contributed by atoms with Crippen LogP contribution in [0.5, 0.6) is 0 Å². The summed E-state index contributed by atoms with van der Waals surface area (Å²) in [6.07, 6.45) is -0.000167. The fourth-order valence-corrected chi connectivity index (χ4v) is 3.48. The van der Waals surface area contributed by atoms with Crippen LogP contribution in [0.1, 0.15) is 34.1 Å². The maximum atomic E-state index is 12.8. The Morgan fingerprint density at radius 2 is 1.45 bits per heavy atom. The molecule has 1 atom stereocenters. The van der Waals surface area contributed by atoms with Crippen molar-refractivity contribution in [2.24, 2.45) is 5.92 Å². The third-order valence-corrected chi connectivity index (χ3v) is 5.04. The maximum absolute atomic E-state index is 12.8. The Hall–Kier alpha value is -4.21. The zero-order chi connectivity index (χ0) is 24.1. The first-order valence-corrected chi connectivity index (χ1v) is 10.0. The summed E-state index contributed by atoms with van der Waals surface area (Å²) in [5.74, 6) is -2.86. The standard InChI is InChI=1S/C23H23N3O7/c1-13(27)24-17-4-6-19(7-5-17)26-12-16(11-20(26)28)21(29)25-18-9-14(22(30)32-2)8-15(10-18)23(31)33-3/h4-10,16H,11-12H2,1-3H3,(H,24,27)(H,25,29). The molecular weight excluding hydrogens is 430 g/mol. The number of anilines is 3. The molecule has 0 aliphatic carbocycles. The van der Waals surface area contributed by atoms with Crippen molar-refractivity contribution in [1.29, 1.82) is 0 Å². The zero-order valence-electron chi connectivity index (χ0n) is 18.3. The predicted molar refractivity (Wildman–Crippen MR) is 119 cm³/mol. The average Bonchev–Trinajstić information content (AvgIpc) is 3.19. The van der Waals surface area contributed by atoms with Gasteiger partial charge in [0.05, 0.1) is 31.3 Å². The van der Waals surface area contributed by atoms with Crippen molar-refractivity contribution in [3.05, 3.63) is 53.6 Å². The molecule has 2 aromatic rings. The van der Waals surface area contributed by atoms with Gasteiger partial charge in [0.1, 0.15) is 0 Å². The molecule has 3 rings (SSSR count). The second kappa shape index (κ2) is 9.94. The van der Waals surface area contributed by atoms with Crippen LogP contribution in [0.15, 0.2) is 42.5 Å².